The van der Waals surface area contributed by atoms with Gasteiger partial charge in [-0.25, -0.2) is 18.7 Å². The molecular formula is C5H8N3O2+. The molecule has 1 heterocycles. The Labute approximate surface area is 56.6 Å². The molecule has 1 N–H and O–H groups in total. The number of H-pyrrole nitrogens is 1. The summed E-state index contributed by atoms with van der Waals surface area (Å²) in [5.74, 6) is 0. The van der Waals surface area contributed by atoms with Crippen molar-refractivity contribution in [1.82, 2.24) is 9.55 Å². The molecule has 0 radical (unpaired) electrons. The number of nitrogens with one attached hydrogen (secondary N) is 1. The molecule has 0 fully saturated rings. The standard InChI is InChI=1S/C5H7N3O2/c1-7-3-8(2)5(10)6-4(7)9/h3H,1-2H3/p+1. The molecule has 0 aromatic carbocycles. The smallest absolute Gasteiger partial charge is 0.212 e. The zero-order valence-corrected chi connectivity index (χ0v) is 5.79. The third-order valence-electron chi connectivity index (χ3n) is 1.20. The molecule has 5 nitrogen and oxygen atoms in total. The van der Waals surface area contributed by atoms with Gasteiger partial charge in [-0.05, 0) is 0 Å². The first kappa shape index (κ1) is 6.73. The largest absolute Gasteiger partial charge is 0.445 e. The minimum atomic E-state index is -0.400. The van der Waals surface area contributed by atoms with Gasteiger partial charge in [-0.3, -0.25) is 0 Å². The van der Waals surface area contributed by atoms with Crippen molar-refractivity contribution in [2.24, 2.45) is 14.1 Å². The monoisotopic (exact) mass is 142 g/mol. The Morgan fingerprint density at radius 2 is 2.20 bits per heavy atom. The predicted molar refractivity (Wildman–Crippen MR) is 33.5 cm³/mol. The molecule has 0 bridgehead atoms. The average Bonchev–Trinajstić information content (AvgIpc) is 1.84. The number of aromatic amines is 1. The van der Waals surface area contributed by atoms with Gasteiger partial charge in [0.15, 0.2) is 6.33 Å². The van der Waals surface area contributed by atoms with Crippen molar-refractivity contribution in [3.05, 3.63) is 27.3 Å². The van der Waals surface area contributed by atoms with Gasteiger partial charge in [0.1, 0.15) is 0 Å². The lowest BCUT2D eigenvalue weighted by atomic mass is 10.9. The molecule has 0 amide bonds. The van der Waals surface area contributed by atoms with Crippen LogP contribution in [0.1, 0.15) is 0 Å². The van der Waals surface area contributed by atoms with E-state index < -0.39 is 11.4 Å². The summed E-state index contributed by atoms with van der Waals surface area (Å²) in [7, 11) is 3.14. The second-order valence-electron chi connectivity index (χ2n) is 2.07. The highest BCUT2D eigenvalue weighted by molar-refractivity contribution is 4.55. The number of hydrogen-bond acceptors (Lipinski definition) is 2. The molecule has 0 spiro atoms. The van der Waals surface area contributed by atoms with Gasteiger partial charge in [0.05, 0.1) is 14.1 Å². The summed E-state index contributed by atoms with van der Waals surface area (Å²) >= 11 is 0. The highest BCUT2D eigenvalue weighted by Gasteiger charge is 2.00. The van der Waals surface area contributed by atoms with Crippen LogP contribution in [0.25, 0.3) is 0 Å². The van der Waals surface area contributed by atoms with E-state index in [9.17, 15) is 9.59 Å². The molecule has 0 saturated heterocycles. The highest BCUT2D eigenvalue weighted by Crippen LogP contribution is 1.52. The maximum Gasteiger partial charge on any atom is 0.445 e. The number of hydrogen-bond donors (Lipinski definition) is 1. The minimum Gasteiger partial charge on any atom is -0.212 e. The van der Waals surface area contributed by atoms with Crippen molar-refractivity contribution < 1.29 is 4.57 Å². The van der Waals surface area contributed by atoms with Gasteiger partial charge in [-0.1, -0.05) is 0 Å². The van der Waals surface area contributed by atoms with Crippen LogP contribution in [0.15, 0.2) is 15.9 Å². The number of aromatic nitrogens is 3. The predicted octanol–water partition coefficient (Wildman–Crippen LogP) is -2.10. The lowest BCUT2D eigenvalue weighted by Gasteiger charge is -1.89. The van der Waals surface area contributed by atoms with Gasteiger partial charge in [0, 0.05) is 0 Å². The van der Waals surface area contributed by atoms with E-state index in [1.807, 2.05) is 0 Å². The van der Waals surface area contributed by atoms with Gasteiger partial charge in [0.2, 0.25) is 0 Å². The fourth-order valence-electron chi connectivity index (χ4n) is 0.633. The van der Waals surface area contributed by atoms with E-state index in [2.05, 4.69) is 4.98 Å². The van der Waals surface area contributed by atoms with Crippen LogP contribution in [0.4, 0.5) is 0 Å². The fourth-order valence-corrected chi connectivity index (χ4v) is 0.633. The summed E-state index contributed by atoms with van der Waals surface area (Å²) in [6.07, 6.45) is 1.42. The quantitative estimate of drug-likeness (QED) is 0.422. The molecule has 1 aromatic rings. The van der Waals surface area contributed by atoms with Gasteiger partial charge >= 0.3 is 11.4 Å². The Bertz CT molecular complexity index is 317. The zero-order valence-electron chi connectivity index (χ0n) is 5.79. The Kier molecular flexibility index (Phi) is 1.41. The van der Waals surface area contributed by atoms with Crippen molar-refractivity contribution >= 4 is 0 Å². The van der Waals surface area contributed by atoms with Crippen LogP contribution < -0.4 is 15.9 Å². The van der Waals surface area contributed by atoms with Gasteiger partial charge < -0.3 is 0 Å². The van der Waals surface area contributed by atoms with Crippen molar-refractivity contribution in [1.29, 1.82) is 0 Å². The Morgan fingerprint density at radius 3 is 2.70 bits per heavy atom. The maximum absolute atomic E-state index is 10.7. The normalized spacial score (nSPS) is 9.80. The third-order valence-corrected chi connectivity index (χ3v) is 1.20. The molecule has 0 saturated carbocycles. The highest BCUT2D eigenvalue weighted by atomic mass is 16.2. The molecule has 0 aliphatic heterocycles. The second-order valence-corrected chi connectivity index (χ2v) is 2.07. The topological polar surface area (TPSA) is 58.7 Å². The summed E-state index contributed by atoms with van der Waals surface area (Å²) in [5.41, 5.74) is -0.800. The van der Waals surface area contributed by atoms with Gasteiger partial charge in [0.25, 0.3) is 0 Å². The van der Waals surface area contributed by atoms with Crippen LogP contribution >= 0.6 is 0 Å². The lowest BCUT2D eigenvalue weighted by molar-refractivity contribution is -0.694. The SMILES string of the molecule is Cn1c[n+](C)c(=O)[nH]c1=O. The van der Waals surface area contributed by atoms with Crippen molar-refractivity contribution in [3.8, 4) is 0 Å². The maximum atomic E-state index is 10.7. The van der Waals surface area contributed by atoms with Crippen LogP contribution in [-0.2, 0) is 14.1 Å². The molecule has 54 valence electrons. The molecule has 1 rings (SSSR count). The molecule has 0 atom stereocenters. The van der Waals surface area contributed by atoms with Crippen LogP contribution in [0.5, 0.6) is 0 Å². The van der Waals surface area contributed by atoms with Crippen molar-refractivity contribution in [2.45, 2.75) is 0 Å². The number of nitrogens with zero attached hydrogens (tertiary/aromatic N) is 2. The molecule has 0 aliphatic rings. The first-order valence-corrected chi connectivity index (χ1v) is 2.77. The summed E-state index contributed by atoms with van der Waals surface area (Å²) in [4.78, 5) is 23.5. The van der Waals surface area contributed by atoms with Gasteiger partial charge in [-0.2, -0.15) is 4.98 Å². The van der Waals surface area contributed by atoms with Gasteiger partial charge in [-0.15, -0.1) is 0 Å². The molecular weight excluding hydrogens is 134 g/mol. The summed E-state index contributed by atoms with van der Waals surface area (Å²) in [5, 5.41) is 0. The first-order chi connectivity index (χ1) is 4.61. The molecule has 1 aromatic heterocycles. The minimum absolute atomic E-state index is 0.400. The summed E-state index contributed by atoms with van der Waals surface area (Å²) < 4.78 is 2.59. The molecule has 0 aliphatic carbocycles. The first-order valence-electron chi connectivity index (χ1n) is 2.77. The third kappa shape index (κ3) is 0.975. The second kappa shape index (κ2) is 2.09. The summed E-state index contributed by atoms with van der Waals surface area (Å²) in [6, 6.07) is 0. The summed E-state index contributed by atoms with van der Waals surface area (Å²) in [6.45, 7) is 0. The zero-order chi connectivity index (χ0) is 7.72. The fraction of sp³-hybridized carbons (Fsp3) is 0.400. The van der Waals surface area contributed by atoms with E-state index in [1.54, 1.807) is 14.1 Å². The van der Waals surface area contributed by atoms with E-state index in [0.717, 1.165) is 0 Å². The van der Waals surface area contributed by atoms with Crippen LogP contribution in [0, 0.1) is 0 Å². The van der Waals surface area contributed by atoms with E-state index >= 15 is 0 Å². The number of rotatable bonds is 0. The molecule has 10 heavy (non-hydrogen) atoms. The molecule has 0 unspecified atom stereocenters. The van der Waals surface area contributed by atoms with E-state index in [4.69, 9.17) is 0 Å². The van der Waals surface area contributed by atoms with E-state index in [-0.39, 0.29) is 0 Å². The Morgan fingerprint density at radius 1 is 1.60 bits per heavy atom. The Hall–Kier alpha value is -1.39. The van der Waals surface area contributed by atoms with E-state index in [0.29, 0.717) is 0 Å². The average molecular weight is 142 g/mol. The van der Waals surface area contributed by atoms with Crippen LogP contribution in [0.2, 0.25) is 0 Å². The van der Waals surface area contributed by atoms with Crippen molar-refractivity contribution in [3.63, 3.8) is 0 Å². The lowest BCUT2D eigenvalue weighted by Crippen LogP contribution is -2.53. The van der Waals surface area contributed by atoms with Crippen molar-refractivity contribution in [2.75, 3.05) is 0 Å². The molecule has 5 heteroatoms. The Balaban J connectivity index is 3.59. The van der Waals surface area contributed by atoms with E-state index in [1.165, 1.54) is 15.5 Å². The van der Waals surface area contributed by atoms with Crippen LogP contribution in [0.3, 0.4) is 0 Å². The van der Waals surface area contributed by atoms with Crippen LogP contribution in [-0.4, -0.2) is 9.55 Å². The number of aryl methyl sites for hydroxylation is 2.